The van der Waals surface area contributed by atoms with Crippen molar-refractivity contribution in [3.63, 3.8) is 0 Å². The summed E-state index contributed by atoms with van der Waals surface area (Å²) >= 11 is 0. The van der Waals surface area contributed by atoms with Crippen LogP contribution in [-0.4, -0.2) is 49.1 Å². The summed E-state index contributed by atoms with van der Waals surface area (Å²) in [5.41, 5.74) is 5.63. The van der Waals surface area contributed by atoms with E-state index in [1.165, 1.54) is 4.90 Å². The Morgan fingerprint density at radius 1 is 1.23 bits per heavy atom. The Morgan fingerprint density at radius 2 is 2.06 bits per heavy atom. The van der Waals surface area contributed by atoms with Gasteiger partial charge < -0.3 is 15.2 Å². The molecule has 3 heterocycles. The van der Waals surface area contributed by atoms with E-state index in [9.17, 15) is 10.0 Å². The molecule has 1 amide bonds. The predicted octanol–water partition coefficient (Wildman–Crippen LogP) is 2.89. The van der Waals surface area contributed by atoms with Gasteiger partial charge in [0, 0.05) is 48.5 Å². The molecule has 0 saturated heterocycles. The maximum Gasteiger partial charge on any atom is 0.407 e. The molecule has 0 aliphatic carbocycles. The predicted molar refractivity (Wildman–Crippen MR) is 115 cm³/mol. The molecule has 9 nitrogen and oxygen atoms in total. The molecular weight excluding hydrogens is 396 g/mol. The summed E-state index contributed by atoms with van der Waals surface area (Å²) in [6.45, 7) is 2.64. The maximum absolute atomic E-state index is 12.7. The van der Waals surface area contributed by atoms with E-state index < -0.39 is 6.09 Å². The first-order valence-electron chi connectivity index (χ1n) is 9.92. The van der Waals surface area contributed by atoms with Gasteiger partial charge in [-0.2, -0.15) is 5.10 Å². The van der Waals surface area contributed by atoms with Gasteiger partial charge in [0.25, 0.3) is 5.52 Å². The quantitative estimate of drug-likeness (QED) is 0.397. The number of carboxylic acid groups (broad SMARTS) is 1. The van der Waals surface area contributed by atoms with Crippen molar-refractivity contribution in [2.24, 2.45) is 7.05 Å². The molecule has 2 aromatic heterocycles. The van der Waals surface area contributed by atoms with Gasteiger partial charge in [-0.25, -0.2) is 9.78 Å². The molecular formula is C22H20N6O3. The highest BCUT2D eigenvalue weighted by atomic mass is 16.5. The number of rotatable bonds is 2. The van der Waals surface area contributed by atoms with Crippen molar-refractivity contribution < 1.29 is 14.7 Å². The second-order valence-electron chi connectivity index (χ2n) is 7.75. The van der Waals surface area contributed by atoms with Gasteiger partial charge >= 0.3 is 6.09 Å². The number of carbonyl (C=O) groups is 1. The third-order valence-electron chi connectivity index (χ3n) is 5.61. The van der Waals surface area contributed by atoms with E-state index in [4.69, 9.17) is 5.11 Å². The van der Waals surface area contributed by atoms with Crippen LogP contribution in [0.2, 0.25) is 0 Å². The van der Waals surface area contributed by atoms with E-state index in [-0.39, 0.29) is 6.54 Å². The first kappa shape index (κ1) is 19.0. The Hall–Kier alpha value is -4.01. The molecule has 0 saturated carbocycles. The highest BCUT2D eigenvalue weighted by Gasteiger charge is 2.21. The lowest BCUT2D eigenvalue weighted by Crippen LogP contribution is -2.36. The third kappa shape index (κ3) is 3.33. The lowest BCUT2D eigenvalue weighted by atomic mass is 10.0. The van der Waals surface area contributed by atoms with Crippen LogP contribution in [0.1, 0.15) is 17.8 Å². The number of benzene rings is 2. The zero-order valence-electron chi connectivity index (χ0n) is 17.1. The average molecular weight is 416 g/mol. The Kier molecular flexibility index (Phi) is 4.32. The molecule has 0 radical (unpaired) electrons. The maximum atomic E-state index is 12.7. The van der Waals surface area contributed by atoms with Crippen molar-refractivity contribution in [3.05, 3.63) is 59.2 Å². The van der Waals surface area contributed by atoms with Crippen LogP contribution in [0, 0.1) is 12.1 Å². The fourth-order valence-electron chi connectivity index (χ4n) is 4.01. The summed E-state index contributed by atoms with van der Waals surface area (Å²) in [5.74, 6) is 0.341. The lowest BCUT2D eigenvalue weighted by molar-refractivity contribution is -0.643. The number of hydrogen-bond acceptors (Lipinski definition) is 5. The monoisotopic (exact) mass is 416 g/mol. The lowest BCUT2D eigenvalue weighted by Gasteiger charge is -2.22. The fourth-order valence-corrected chi connectivity index (χ4v) is 4.01. The Morgan fingerprint density at radius 3 is 2.81 bits per heavy atom. The molecule has 1 aliphatic rings. The van der Waals surface area contributed by atoms with Crippen LogP contribution < -0.4 is 4.85 Å². The number of fused-ring (bicyclic) bond motifs is 2. The van der Waals surface area contributed by atoms with Crippen LogP contribution in [0.4, 0.5) is 4.79 Å². The Balaban J connectivity index is 1.54. The van der Waals surface area contributed by atoms with Crippen molar-refractivity contribution in [3.8, 4) is 11.1 Å². The van der Waals surface area contributed by atoms with Crippen molar-refractivity contribution in [1.29, 1.82) is 0 Å². The van der Waals surface area contributed by atoms with Crippen LogP contribution in [0.15, 0.2) is 42.6 Å². The van der Waals surface area contributed by atoms with Crippen molar-refractivity contribution in [2.75, 3.05) is 13.1 Å². The molecule has 5 rings (SSSR count). The fraction of sp³-hybridized carbons (Fsp3) is 0.227. The van der Waals surface area contributed by atoms with E-state index in [0.29, 0.717) is 34.7 Å². The summed E-state index contributed by atoms with van der Waals surface area (Å²) < 4.78 is 1.79. The molecule has 156 valence electrons. The molecule has 0 bridgehead atoms. The second-order valence-corrected chi connectivity index (χ2v) is 7.75. The van der Waals surface area contributed by atoms with E-state index in [2.05, 4.69) is 27.3 Å². The molecule has 1 N–H and O–H groups in total. The van der Waals surface area contributed by atoms with Crippen LogP contribution in [0.3, 0.4) is 0 Å². The van der Waals surface area contributed by atoms with Gasteiger partial charge in [-0.05, 0) is 53.1 Å². The average Bonchev–Trinajstić information content (AvgIpc) is 3.14. The number of amides is 1. The molecule has 0 unspecified atom stereocenters. The third-order valence-corrected chi connectivity index (χ3v) is 5.61. The molecule has 2 aromatic carbocycles. The molecule has 0 fully saturated rings. The zero-order chi connectivity index (χ0) is 21.7. The van der Waals surface area contributed by atoms with E-state index in [1.54, 1.807) is 16.8 Å². The van der Waals surface area contributed by atoms with E-state index >= 15 is 0 Å². The molecule has 9 heteroatoms. The highest BCUT2D eigenvalue weighted by molar-refractivity contribution is 5.89. The molecule has 31 heavy (non-hydrogen) atoms. The molecule has 4 aromatic rings. The number of aryl methyl sites for hydroxylation is 2. The minimum atomic E-state index is -0.958. The van der Waals surface area contributed by atoms with Gasteiger partial charge in [-0.15, -0.1) is 0 Å². The number of aromatic nitrogens is 5. The van der Waals surface area contributed by atoms with Crippen LogP contribution in [-0.2, 0) is 7.05 Å². The Labute approximate surface area is 177 Å². The smallest absolute Gasteiger partial charge is 0.407 e. The number of nitrogens with zero attached hydrogens (tertiary/aromatic N) is 6. The SMILES string of the molecule is Cc1cc(-c2ccc3nc(C4=CCN(C(=O)O)CC4)n[n+]([O-])c3c2)cc2cn(C)nc12. The molecule has 1 aliphatic heterocycles. The topological polar surface area (TPSA) is 111 Å². The summed E-state index contributed by atoms with van der Waals surface area (Å²) in [5, 5.41) is 31.4. The van der Waals surface area contributed by atoms with Gasteiger partial charge in [0.05, 0.1) is 5.52 Å². The minimum absolute atomic E-state index is 0.264. The van der Waals surface area contributed by atoms with Gasteiger partial charge in [0.1, 0.15) is 5.52 Å². The van der Waals surface area contributed by atoms with Crippen LogP contribution in [0.25, 0.3) is 38.6 Å². The highest BCUT2D eigenvalue weighted by Crippen LogP contribution is 2.28. The van der Waals surface area contributed by atoms with Gasteiger partial charge in [-0.3, -0.25) is 4.68 Å². The first-order valence-corrected chi connectivity index (χ1v) is 9.92. The first-order chi connectivity index (χ1) is 14.9. The second kappa shape index (κ2) is 7.05. The largest absolute Gasteiger partial charge is 0.594 e. The van der Waals surface area contributed by atoms with Crippen molar-refractivity contribution in [1.82, 2.24) is 24.8 Å². The van der Waals surface area contributed by atoms with E-state index in [1.807, 2.05) is 32.3 Å². The van der Waals surface area contributed by atoms with Crippen molar-refractivity contribution in [2.45, 2.75) is 13.3 Å². The standard InChI is InChI=1S/C22H20N6O3/c1-13-9-16(10-17-12-26(2)24-20(13)17)15-3-4-18-19(11-15)28(31)25-21(23-18)14-5-7-27(8-6-14)22(29)30/h3-5,9-12H,6-8H2,1-2H3,(H,29,30). The van der Waals surface area contributed by atoms with Crippen LogP contribution in [0.5, 0.6) is 0 Å². The Bertz CT molecular complexity index is 1390. The van der Waals surface area contributed by atoms with Gasteiger partial charge in [0.15, 0.2) is 0 Å². The van der Waals surface area contributed by atoms with E-state index in [0.717, 1.165) is 33.2 Å². The summed E-state index contributed by atoms with van der Waals surface area (Å²) in [7, 11) is 1.89. The summed E-state index contributed by atoms with van der Waals surface area (Å²) in [6.07, 6.45) is 3.25. The molecule has 0 atom stereocenters. The summed E-state index contributed by atoms with van der Waals surface area (Å²) in [6, 6.07) is 9.67. The minimum Gasteiger partial charge on any atom is -0.594 e. The normalized spacial score (nSPS) is 14.3. The number of hydrogen-bond donors (Lipinski definition) is 1. The summed E-state index contributed by atoms with van der Waals surface area (Å²) in [4.78, 5) is 17.5. The van der Waals surface area contributed by atoms with Crippen LogP contribution >= 0.6 is 0 Å². The zero-order valence-corrected chi connectivity index (χ0v) is 17.1. The van der Waals surface area contributed by atoms with Gasteiger partial charge in [-0.1, -0.05) is 12.1 Å². The molecule has 0 spiro atoms. The van der Waals surface area contributed by atoms with Crippen molar-refractivity contribution >= 4 is 33.6 Å². The van der Waals surface area contributed by atoms with Gasteiger partial charge in [0.2, 0.25) is 5.82 Å².